The molecule has 0 bridgehead atoms. The highest BCUT2D eigenvalue weighted by atomic mass is 35.5. The summed E-state index contributed by atoms with van der Waals surface area (Å²) in [6.07, 6.45) is 1.10. The number of hydrogen-bond acceptors (Lipinski definition) is 3. The molecule has 1 saturated heterocycles. The van der Waals surface area contributed by atoms with Gasteiger partial charge < -0.3 is 4.90 Å². The van der Waals surface area contributed by atoms with Crippen molar-refractivity contribution in [2.24, 2.45) is 0 Å². The zero-order chi connectivity index (χ0) is 18.9. The molecule has 0 N–H and O–H groups in total. The van der Waals surface area contributed by atoms with E-state index in [0.29, 0.717) is 6.04 Å². The van der Waals surface area contributed by atoms with Gasteiger partial charge in [0.25, 0.3) is 0 Å². The molecule has 1 fully saturated rings. The molecule has 1 atom stereocenters. The molecule has 0 aliphatic carbocycles. The summed E-state index contributed by atoms with van der Waals surface area (Å²) in [7, 11) is 2.23. The van der Waals surface area contributed by atoms with Crippen molar-refractivity contribution in [3.63, 3.8) is 0 Å². The topological polar surface area (TPSA) is 6.48 Å². The maximum absolute atomic E-state index is 2.70. The van der Waals surface area contributed by atoms with Crippen LogP contribution in [0.4, 0.5) is 0 Å². The van der Waals surface area contributed by atoms with E-state index in [1.807, 2.05) is 11.8 Å². The van der Waals surface area contributed by atoms with Crippen LogP contribution in [0.3, 0.4) is 0 Å². The van der Waals surface area contributed by atoms with Gasteiger partial charge in [0.05, 0.1) is 0 Å². The third-order valence-electron chi connectivity index (χ3n) is 6.06. The van der Waals surface area contributed by atoms with Gasteiger partial charge >= 0.3 is 0 Å². The second kappa shape index (κ2) is 10.2. The van der Waals surface area contributed by atoms with Crippen molar-refractivity contribution in [3.05, 3.63) is 83.9 Å². The minimum Gasteiger partial charge on any atom is -0.304 e. The smallest absolute Gasteiger partial charge is 0.0401 e. The fraction of sp³-hybridized carbons (Fsp3) is 0.280. The number of piperazine rings is 1. The van der Waals surface area contributed by atoms with Gasteiger partial charge in [-0.3, -0.25) is 4.90 Å². The molecule has 158 valence electrons. The van der Waals surface area contributed by atoms with E-state index in [-0.39, 0.29) is 24.8 Å². The summed E-state index contributed by atoms with van der Waals surface area (Å²) in [5.41, 5.74) is 5.60. The Kier molecular flexibility index (Phi) is 7.89. The number of benzene rings is 3. The quantitative estimate of drug-likeness (QED) is 0.451. The molecule has 0 radical (unpaired) electrons. The molecule has 3 aromatic rings. The van der Waals surface area contributed by atoms with Gasteiger partial charge in [-0.05, 0) is 53.9 Å². The largest absolute Gasteiger partial charge is 0.304 e. The molecule has 1 unspecified atom stereocenters. The van der Waals surface area contributed by atoms with Gasteiger partial charge in [-0.25, -0.2) is 0 Å². The van der Waals surface area contributed by atoms with E-state index >= 15 is 0 Å². The van der Waals surface area contributed by atoms with E-state index in [1.54, 1.807) is 0 Å². The second-order valence-electron chi connectivity index (χ2n) is 7.89. The number of rotatable bonds is 2. The van der Waals surface area contributed by atoms with E-state index < -0.39 is 0 Å². The number of halogens is 2. The Balaban J connectivity index is 0.00000128. The molecule has 0 amide bonds. The third kappa shape index (κ3) is 4.71. The van der Waals surface area contributed by atoms with Crippen LogP contribution in [0.2, 0.25) is 0 Å². The van der Waals surface area contributed by atoms with Gasteiger partial charge in [0, 0.05) is 42.0 Å². The first-order chi connectivity index (χ1) is 13.8. The molecule has 2 aliphatic heterocycles. The Morgan fingerprint density at radius 3 is 2.20 bits per heavy atom. The number of likely N-dealkylation sites (N-methyl/N-ethyl adjacent to an activating group) is 1. The van der Waals surface area contributed by atoms with Crippen LogP contribution >= 0.6 is 36.6 Å². The van der Waals surface area contributed by atoms with E-state index in [4.69, 9.17) is 0 Å². The minimum atomic E-state index is 0. The minimum absolute atomic E-state index is 0. The van der Waals surface area contributed by atoms with Crippen LogP contribution in [0.25, 0.3) is 11.1 Å². The summed E-state index contributed by atoms with van der Waals surface area (Å²) in [6.45, 7) is 4.59. The van der Waals surface area contributed by atoms with Crippen molar-refractivity contribution in [2.75, 3.05) is 33.2 Å². The molecule has 5 heteroatoms. The molecule has 2 aliphatic rings. The van der Waals surface area contributed by atoms with Crippen molar-refractivity contribution in [1.29, 1.82) is 0 Å². The van der Waals surface area contributed by atoms with Crippen molar-refractivity contribution in [2.45, 2.75) is 22.3 Å². The Hall–Kier alpha value is -1.49. The van der Waals surface area contributed by atoms with Crippen molar-refractivity contribution < 1.29 is 0 Å². The predicted octanol–water partition coefficient (Wildman–Crippen LogP) is 6.19. The van der Waals surface area contributed by atoms with E-state index in [0.717, 1.165) is 32.6 Å². The Morgan fingerprint density at radius 2 is 1.43 bits per heavy atom. The first-order valence-electron chi connectivity index (χ1n) is 10.2. The van der Waals surface area contributed by atoms with Crippen LogP contribution in [0, 0.1) is 0 Å². The number of fused-ring (bicyclic) bond motifs is 2. The maximum Gasteiger partial charge on any atom is 0.0401 e. The van der Waals surface area contributed by atoms with Gasteiger partial charge in [-0.2, -0.15) is 0 Å². The van der Waals surface area contributed by atoms with Gasteiger partial charge in [0.15, 0.2) is 0 Å². The Morgan fingerprint density at radius 1 is 0.733 bits per heavy atom. The number of nitrogens with zero attached hydrogens (tertiary/aromatic N) is 2. The summed E-state index contributed by atoms with van der Waals surface area (Å²) in [6, 6.07) is 27.2. The van der Waals surface area contributed by atoms with Gasteiger partial charge in [0.1, 0.15) is 0 Å². The lowest BCUT2D eigenvalue weighted by Crippen LogP contribution is -2.46. The van der Waals surface area contributed by atoms with Crippen LogP contribution in [-0.2, 0) is 6.42 Å². The highest BCUT2D eigenvalue weighted by Gasteiger charge is 2.29. The molecule has 30 heavy (non-hydrogen) atoms. The van der Waals surface area contributed by atoms with Crippen molar-refractivity contribution in [1.82, 2.24) is 9.80 Å². The van der Waals surface area contributed by atoms with Gasteiger partial charge in [-0.15, -0.1) is 24.8 Å². The first-order valence-corrected chi connectivity index (χ1v) is 11.0. The monoisotopic (exact) mass is 458 g/mol. The summed E-state index contributed by atoms with van der Waals surface area (Å²) < 4.78 is 0. The zero-order valence-corrected chi connectivity index (χ0v) is 19.6. The summed E-state index contributed by atoms with van der Waals surface area (Å²) in [5.74, 6) is 0. The van der Waals surface area contributed by atoms with Crippen LogP contribution in [0.1, 0.15) is 17.2 Å². The highest BCUT2D eigenvalue weighted by molar-refractivity contribution is 7.99. The molecule has 0 saturated carbocycles. The average molecular weight is 459 g/mol. The molecule has 3 aromatic carbocycles. The lowest BCUT2D eigenvalue weighted by molar-refractivity contribution is 0.110. The summed E-state index contributed by atoms with van der Waals surface area (Å²) in [4.78, 5) is 7.97. The Bertz CT molecular complexity index is 972. The molecule has 2 heterocycles. The lowest BCUT2D eigenvalue weighted by atomic mass is 9.94. The van der Waals surface area contributed by atoms with Crippen LogP contribution in [0.15, 0.2) is 82.6 Å². The first kappa shape index (κ1) is 23.2. The maximum atomic E-state index is 2.70. The molecule has 2 nitrogen and oxygen atoms in total. The molecule has 0 aromatic heterocycles. The van der Waals surface area contributed by atoms with Gasteiger partial charge in [0.2, 0.25) is 0 Å². The van der Waals surface area contributed by atoms with Crippen LogP contribution < -0.4 is 0 Å². The van der Waals surface area contributed by atoms with Crippen molar-refractivity contribution in [3.8, 4) is 11.1 Å². The molecular formula is C25H28Cl2N2S. The summed E-state index contributed by atoms with van der Waals surface area (Å²) >= 11 is 1.94. The van der Waals surface area contributed by atoms with E-state index in [2.05, 4.69) is 89.6 Å². The van der Waals surface area contributed by atoms with Gasteiger partial charge in [-0.1, -0.05) is 66.4 Å². The molecule has 0 spiro atoms. The normalized spacial score (nSPS) is 18.9. The highest BCUT2D eigenvalue weighted by Crippen LogP contribution is 2.44. The molecular weight excluding hydrogens is 431 g/mol. The zero-order valence-electron chi connectivity index (χ0n) is 17.2. The van der Waals surface area contributed by atoms with Crippen molar-refractivity contribution >= 4 is 36.6 Å². The standard InChI is InChI=1S/C25H26N2S.2ClH/c1-26-13-15-27(16-14-26)23-18-21-9-5-6-10-24(21)28-25-12-11-20(17-22(23)25)19-7-3-2-4-8-19;;/h2-12,17,23H,13-16,18H2,1H3;2*1H. The third-order valence-corrected chi connectivity index (χ3v) is 7.27. The van der Waals surface area contributed by atoms with Crippen LogP contribution in [-0.4, -0.2) is 43.0 Å². The van der Waals surface area contributed by atoms with E-state index in [1.165, 1.54) is 32.0 Å². The van der Waals surface area contributed by atoms with E-state index in [9.17, 15) is 0 Å². The average Bonchev–Trinajstić information content (AvgIpc) is 2.91. The predicted molar refractivity (Wildman–Crippen MR) is 132 cm³/mol. The Labute approximate surface area is 196 Å². The fourth-order valence-electron chi connectivity index (χ4n) is 4.38. The SMILES string of the molecule is CN1CCN(C2Cc3ccccc3Sc3ccc(-c4ccccc4)cc32)CC1.Cl.Cl. The summed E-state index contributed by atoms with van der Waals surface area (Å²) in [5, 5.41) is 0. The lowest BCUT2D eigenvalue weighted by Gasteiger charge is -2.38. The fourth-order valence-corrected chi connectivity index (χ4v) is 5.50. The second-order valence-corrected chi connectivity index (χ2v) is 8.97. The molecule has 5 rings (SSSR count). The number of hydrogen-bond donors (Lipinski definition) is 0. The van der Waals surface area contributed by atoms with Crippen LogP contribution in [0.5, 0.6) is 0 Å².